The molecule has 1 spiro atoms. The number of nitrogens with zero attached hydrogens (tertiary/aromatic N) is 1. The topological polar surface area (TPSA) is 49.4 Å². The number of halogens is 3. The van der Waals surface area contributed by atoms with Gasteiger partial charge in [-0.3, -0.25) is 9.59 Å². The minimum atomic E-state index is -4.81. The summed E-state index contributed by atoms with van der Waals surface area (Å²) in [7, 11) is 0. The molecule has 0 aromatic rings. The van der Waals surface area contributed by atoms with Crippen molar-refractivity contribution in [3.63, 3.8) is 0 Å². The van der Waals surface area contributed by atoms with Crippen molar-refractivity contribution in [2.45, 2.75) is 70.0 Å². The third kappa shape index (κ3) is 2.70. The molecule has 5 rings (SSSR count). The van der Waals surface area contributed by atoms with Crippen molar-refractivity contribution in [3.8, 4) is 0 Å². The normalized spacial score (nSPS) is 42.8. The fourth-order valence-electron chi connectivity index (χ4n) is 7.77. The van der Waals surface area contributed by atoms with E-state index in [9.17, 15) is 22.8 Å². The SMILES string of the molecule is O=C(CC12CC3CC4CC(C1)C4(C3)C2)NC1CCN(C(=O)C(F)(F)F)CC1. The van der Waals surface area contributed by atoms with Crippen LogP contribution in [0.3, 0.4) is 0 Å². The van der Waals surface area contributed by atoms with E-state index in [1.54, 1.807) is 0 Å². The van der Waals surface area contributed by atoms with Gasteiger partial charge in [-0.25, -0.2) is 0 Å². The first kappa shape index (κ1) is 17.8. The number of nitrogens with one attached hydrogen (secondary N) is 1. The Morgan fingerprint density at radius 2 is 1.78 bits per heavy atom. The van der Waals surface area contributed by atoms with E-state index in [4.69, 9.17) is 0 Å². The average molecular weight is 384 g/mol. The number of carbonyl (C=O) groups is 2. The Kier molecular flexibility index (Phi) is 3.71. The first-order valence-corrected chi connectivity index (χ1v) is 10.3. The molecule has 5 fully saturated rings. The van der Waals surface area contributed by atoms with Crippen LogP contribution in [0.4, 0.5) is 13.2 Å². The number of likely N-dealkylation sites (tertiary alicyclic amines) is 1. The van der Waals surface area contributed by atoms with Crippen LogP contribution in [0.5, 0.6) is 0 Å². The molecule has 1 heterocycles. The number of alkyl halides is 3. The van der Waals surface area contributed by atoms with Gasteiger partial charge in [0.2, 0.25) is 5.91 Å². The number of amides is 2. The average Bonchev–Trinajstić information content (AvgIpc) is 2.89. The molecule has 0 radical (unpaired) electrons. The van der Waals surface area contributed by atoms with Gasteiger partial charge in [-0.15, -0.1) is 0 Å². The molecule has 1 aliphatic heterocycles. The quantitative estimate of drug-likeness (QED) is 0.812. The molecule has 5 aliphatic rings. The van der Waals surface area contributed by atoms with E-state index in [2.05, 4.69) is 5.32 Å². The highest BCUT2D eigenvalue weighted by atomic mass is 19.4. The van der Waals surface area contributed by atoms with Gasteiger partial charge >= 0.3 is 12.1 Å². The molecule has 2 amide bonds. The molecule has 3 bridgehead atoms. The highest BCUT2D eigenvalue weighted by molar-refractivity contribution is 5.82. The monoisotopic (exact) mass is 384 g/mol. The Morgan fingerprint density at radius 3 is 2.48 bits per heavy atom. The molecule has 7 heteroatoms. The summed E-state index contributed by atoms with van der Waals surface area (Å²) in [6.45, 7) is 0.118. The summed E-state index contributed by atoms with van der Waals surface area (Å²) < 4.78 is 37.6. The lowest BCUT2D eigenvalue weighted by Gasteiger charge is -2.49. The van der Waals surface area contributed by atoms with Crippen LogP contribution in [0.1, 0.15) is 57.8 Å². The summed E-state index contributed by atoms with van der Waals surface area (Å²) in [5.41, 5.74) is 0.738. The maximum absolute atomic E-state index is 12.7. The summed E-state index contributed by atoms with van der Waals surface area (Å²) >= 11 is 0. The Labute approximate surface area is 157 Å². The largest absolute Gasteiger partial charge is 0.471 e. The van der Waals surface area contributed by atoms with Gasteiger partial charge in [-0.05, 0) is 80.0 Å². The van der Waals surface area contributed by atoms with Crippen molar-refractivity contribution in [1.82, 2.24) is 10.2 Å². The number of piperidine rings is 1. The Hall–Kier alpha value is -1.27. The van der Waals surface area contributed by atoms with Crippen LogP contribution in [0.25, 0.3) is 0 Å². The van der Waals surface area contributed by atoms with Crippen molar-refractivity contribution in [2.24, 2.45) is 28.6 Å². The van der Waals surface area contributed by atoms with E-state index in [1.165, 1.54) is 38.5 Å². The molecule has 4 nitrogen and oxygen atoms in total. The molecule has 1 saturated heterocycles. The lowest BCUT2D eigenvalue weighted by Crippen LogP contribution is -2.50. The molecule has 5 atom stereocenters. The lowest BCUT2D eigenvalue weighted by molar-refractivity contribution is -0.186. The third-order valence-corrected chi connectivity index (χ3v) is 8.51. The minimum absolute atomic E-state index is 0.0589. The molecule has 4 aliphatic carbocycles. The van der Waals surface area contributed by atoms with Crippen molar-refractivity contribution in [3.05, 3.63) is 0 Å². The van der Waals surface area contributed by atoms with Gasteiger partial charge in [0.1, 0.15) is 0 Å². The number of hydrogen-bond acceptors (Lipinski definition) is 2. The smallest absolute Gasteiger partial charge is 0.353 e. The molecule has 1 N–H and O–H groups in total. The molecule has 27 heavy (non-hydrogen) atoms. The van der Waals surface area contributed by atoms with Crippen LogP contribution in [0, 0.1) is 28.6 Å². The summed E-state index contributed by atoms with van der Waals surface area (Å²) in [5.74, 6) is 0.848. The summed E-state index contributed by atoms with van der Waals surface area (Å²) in [4.78, 5) is 24.9. The molecule has 0 aromatic heterocycles. The fourth-order valence-corrected chi connectivity index (χ4v) is 7.77. The zero-order chi connectivity index (χ0) is 19.0. The predicted molar refractivity (Wildman–Crippen MR) is 91.5 cm³/mol. The second kappa shape index (κ2) is 5.63. The number of rotatable bonds is 3. The first-order chi connectivity index (χ1) is 12.7. The third-order valence-electron chi connectivity index (χ3n) is 8.51. The van der Waals surface area contributed by atoms with Crippen LogP contribution < -0.4 is 5.32 Å². The van der Waals surface area contributed by atoms with Gasteiger partial charge in [0.05, 0.1) is 0 Å². The van der Waals surface area contributed by atoms with E-state index in [0.717, 1.165) is 22.7 Å². The van der Waals surface area contributed by atoms with Crippen molar-refractivity contribution >= 4 is 11.8 Å². The summed E-state index contributed by atoms with van der Waals surface area (Å²) in [5, 5.41) is 3.06. The van der Waals surface area contributed by atoms with Crippen LogP contribution in [0.2, 0.25) is 0 Å². The maximum Gasteiger partial charge on any atom is 0.471 e. The highest BCUT2D eigenvalue weighted by Gasteiger charge is 2.70. The molecule has 0 aromatic carbocycles. The standard InChI is InChI=1S/C20H27F3N2O2/c21-20(22,23)17(27)25-3-1-15(2-4-25)24-16(26)10-18-7-12-5-13-6-14(9-18)19(13,8-12)11-18/h12-15H,1-11H2,(H,24,26). The molecular weight excluding hydrogens is 357 g/mol. The van der Waals surface area contributed by atoms with E-state index in [0.29, 0.717) is 24.7 Å². The van der Waals surface area contributed by atoms with Gasteiger partial charge < -0.3 is 10.2 Å². The Bertz CT molecular complexity index is 669. The fraction of sp³-hybridized carbons (Fsp3) is 0.900. The Balaban J connectivity index is 1.15. The van der Waals surface area contributed by atoms with E-state index < -0.39 is 12.1 Å². The maximum atomic E-state index is 12.7. The van der Waals surface area contributed by atoms with Gasteiger partial charge in [0.25, 0.3) is 0 Å². The van der Waals surface area contributed by atoms with E-state index >= 15 is 0 Å². The highest BCUT2D eigenvalue weighted by Crippen LogP contribution is 2.79. The zero-order valence-electron chi connectivity index (χ0n) is 15.5. The zero-order valence-corrected chi connectivity index (χ0v) is 15.5. The van der Waals surface area contributed by atoms with Crippen LogP contribution >= 0.6 is 0 Å². The second-order valence-corrected chi connectivity index (χ2v) is 10.1. The summed E-state index contributed by atoms with van der Waals surface area (Å²) in [6.07, 6.45) is 4.30. The minimum Gasteiger partial charge on any atom is -0.353 e. The molecular formula is C20H27F3N2O2. The molecule has 4 saturated carbocycles. The van der Waals surface area contributed by atoms with Crippen LogP contribution in [-0.2, 0) is 9.59 Å². The van der Waals surface area contributed by atoms with Gasteiger partial charge in [-0.2, -0.15) is 13.2 Å². The molecule has 150 valence electrons. The van der Waals surface area contributed by atoms with Crippen LogP contribution in [0.15, 0.2) is 0 Å². The van der Waals surface area contributed by atoms with Crippen LogP contribution in [-0.4, -0.2) is 42.0 Å². The van der Waals surface area contributed by atoms with E-state index in [1.807, 2.05) is 0 Å². The van der Waals surface area contributed by atoms with E-state index in [-0.39, 0.29) is 30.5 Å². The van der Waals surface area contributed by atoms with Crippen molar-refractivity contribution in [1.29, 1.82) is 0 Å². The predicted octanol–water partition coefficient (Wildman–Crippen LogP) is 3.26. The van der Waals surface area contributed by atoms with Gasteiger partial charge in [-0.1, -0.05) is 0 Å². The molecule has 5 unspecified atom stereocenters. The number of hydrogen-bond donors (Lipinski definition) is 1. The first-order valence-electron chi connectivity index (χ1n) is 10.3. The van der Waals surface area contributed by atoms with Crippen molar-refractivity contribution in [2.75, 3.05) is 13.1 Å². The second-order valence-electron chi connectivity index (χ2n) is 10.1. The number of carbonyl (C=O) groups excluding carboxylic acids is 2. The number of fused-ring (bicyclic) bond motifs is 2. The van der Waals surface area contributed by atoms with Gasteiger partial charge in [0.15, 0.2) is 0 Å². The van der Waals surface area contributed by atoms with Gasteiger partial charge in [0, 0.05) is 25.6 Å². The Morgan fingerprint density at radius 1 is 1.04 bits per heavy atom. The lowest BCUT2D eigenvalue weighted by atomic mass is 9.55. The summed E-state index contributed by atoms with van der Waals surface area (Å²) in [6, 6.07) is -0.115. The van der Waals surface area contributed by atoms with Crippen molar-refractivity contribution < 1.29 is 22.8 Å².